The van der Waals surface area contributed by atoms with Crippen LogP contribution in [0.3, 0.4) is 0 Å². The Morgan fingerprint density at radius 1 is 1.00 bits per heavy atom. The van der Waals surface area contributed by atoms with Gasteiger partial charge in [-0.2, -0.15) is 0 Å². The highest BCUT2D eigenvalue weighted by Crippen LogP contribution is 2.29. The zero-order valence-corrected chi connectivity index (χ0v) is 14.5. The Hall–Kier alpha value is -3.47. The van der Waals surface area contributed by atoms with Crippen LogP contribution in [0.2, 0.25) is 0 Å². The van der Waals surface area contributed by atoms with Crippen LogP contribution in [0.5, 0.6) is 5.95 Å². The molecule has 0 atom stereocenters. The highest BCUT2D eigenvalue weighted by atomic mass is 16.5. The molecule has 0 aliphatic carbocycles. The van der Waals surface area contributed by atoms with E-state index >= 15 is 0 Å². The van der Waals surface area contributed by atoms with Gasteiger partial charge in [-0.25, -0.2) is 4.98 Å². The van der Waals surface area contributed by atoms with Crippen LogP contribution >= 0.6 is 0 Å². The largest absolute Gasteiger partial charge is 0.479 e. The standard InChI is InChI=1S/C21H17N3O2/c1-13-11-14(2)23-19-16(13)9-6-10-17(19)22-12-18-21(25)26-20(24-18)15-7-4-3-5-8-15/h3-12,25H,1-2H3. The molecule has 0 aliphatic rings. The molecule has 0 aliphatic heterocycles. The third-order valence-corrected chi connectivity index (χ3v) is 4.13. The van der Waals surface area contributed by atoms with E-state index in [1.165, 1.54) is 6.21 Å². The number of aryl methyl sites for hydroxylation is 2. The van der Waals surface area contributed by atoms with Crippen LogP contribution in [0.25, 0.3) is 22.4 Å². The van der Waals surface area contributed by atoms with Gasteiger partial charge < -0.3 is 9.52 Å². The quantitative estimate of drug-likeness (QED) is 0.534. The first-order valence-electron chi connectivity index (χ1n) is 8.28. The molecule has 0 unspecified atom stereocenters. The summed E-state index contributed by atoms with van der Waals surface area (Å²) in [5.41, 5.74) is 4.71. The Balaban J connectivity index is 1.74. The van der Waals surface area contributed by atoms with E-state index in [0.29, 0.717) is 5.89 Å². The molecular weight excluding hydrogens is 326 g/mol. The predicted octanol–water partition coefficient (Wildman–Crippen LogP) is 4.96. The second-order valence-corrected chi connectivity index (χ2v) is 6.09. The van der Waals surface area contributed by atoms with E-state index in [9.17, 15) is 5.11 Å². The minimum Gasteiger partial charge on any atom is -0.479 e. The lowest BCUT2D eigenvalue weighted by molar-refractivity contribution is 0.337. The van der Waals surface area contributed by atoms with Crippen molar-refractivity contribution in [1.82, 2.24) is 9.97 Å². The average Bonchev–Trinajstić information content (AvgIpc) is 3.01. The molecule has 0 bridgehead atoms. The summed E-state index contributed by atoms with van der Waals surface area (Å²) in [5.74, 6) is 0.0976. The summed E-state index contributed by atoms with van der Waals surface area (Å²) in [4.78, 5) is 13.4. The van der Waals surface area contributed by atoms with Gasteiger partial charge in [0.15, 0.2) is 5.69 Å². The van der Waals surface area contributed by atoms with Crippen molar-refractivity contribution < 1.29 is 9.52 Å². The number of oxazole rings is 1. The van der Waals surface area contributed by atoms with Gasteiger partial charge in [0.25, 0.3) is 0 Å². The molecule has 1 N–H and O–H groups in total. The van der Waals surface area contributed by atoms with Crippen molar-refractivity contribution in [2.24, 2.45) is 4.99 Å². The summed E-state index contributed by atoms with van der Waals surface area (Å²) in [5, 5.41) is 11.1. The van der Waals surface area contributed by atoms with Crippen LogP contribution < -0.4 is 0 Å². The van der Waals surface area contributed by atoms with Crippen molar-refractivity contribution in [3.05, 3.63) is 71.5 Å². The lowest BCUT2D eigenvalue weighted by Crippen LogP contribution is -1.88. The van der Waals surface area contributed by atoms with Crippen molar-refractivity contribution in [1.29, 1.82) is 0 Å². The van der Waals surface area contributed by atoms with Crippen molar-refractivity contribution in [3.8, 4) is 17.4 Å². The molecule has 5 nitrogen and oxygen atoms in total. The van der Waals surface area contributed by atoms with Gasteiger partial charge in [0.05, 0.1) is 17.4 Å². The maximum Gasteiger partial charge on any atom is 0.312 e. The van der Waals surface area contributed by atoms with Crippen molar-refractivity contribution in [2.45, 2.75) is 13.8 Å². The van der Waals surface area contributed by atoms with Crippen LogP contribution in [-0.2, 0) is 0 Å². The minimum absolute atomic E-state index is 0.256. The van der Waals surface area contributed by atoms with Gasteiger partial charge in [0.1, 0.15) is 0 Å². The van der Waals surface area contributed by atoms with Crippen molar-refractivity contribution >= 4 is 22.8 Å². The number of hydrogen-bond donors (Lipinski definition) is 1. The third kappa shape index (κ3) is 2.95. The molecule has 2 aromatic heterocycles. The molecule has 0 fully saturated rings. The summed E-state index contributed by atoms with van der Waals surface area (Å²) in [6.45, 7) is 4.02. The summed E-state index contributed by atoms with van der Waals surface area (Å²) in [6, 6.07) is 17.3. The maximum atomic E-state index is 10.0. The Morgan fingerprint density at radius 2 is 1.81 bits per heavy atom. The van der Waals surface area contributed by atoms with E-state index < -0.39 is 0 Å². The van der Waals surface area contributed by atoms with E-state index in [1.54, 1.807) is 0 Å². The van der Waals surface area contributed by atoms with E-state index in [4.69, 9.17) is 4.42 Å². The van der Waals surface area contributed by atoms with Gasteiger partial charge in [0, 0.05) is 16.6 Å². The summed E-state index contributed by atoms with van der Waals surface area (Å²) >= 11 is 0. The number of pyridine rings is 1. The molecule has 2 heterocycles. The third-order valence-electron chi connectivity index (χ3n) is 4.13. The number of fused-ring (bicyclic) bond motifs is 1. The number of nitrogens with zero attached hydrogens (tertiary/aromatic N) is 3. The van der Waals surface area contributed by atoms with Gasteiger partial charge >= 0.3 is 5.95 Å². The molecule has 4 aromatic rings. The molecular formula is C21H17N3O2. The highest BCUT2D eigenvalue weighted by molar-refractivity contribution is 5.94. The summed E-state index contributed by atoms with van der Waals surface area (Å²) in [6.07, 6.45) is 1.50. The van der Waals surface area contributed by atoms with Gasteiger partial charge in [-0.05, 0) is 43.7 Å². The second-order valence-electron chi connectivity index (χ2n) is 6.09. The molecule has 26 heavy (non-hydrogen) atoms. The first-order valence-corrected chi connectivity index (χ1v) is 8.28. The van der Waals surface area contributed by atoms with E-state index in [1.807, 2.05) is 61.5 Å². The lowest BCUT2D eigenvalue weighted by Gasteiger charge is -2.05. The molecule has 5 heteroatoms. The summed E-state index contributed by atoms with van der Waals surface area (Å²) in [7, 11) is 0. The lowest BCUT2D eigenvalue weighted by atomic mass is 10.1. The zero-order valence-electron chi connectivity index (χ0n) is 14.5. The minimum atomic E-state index is -0.256. The van der Waals surface area contributed by atoms with Crippen LogP contribution in [0.15, 0.2) is 64.0 Å². The van der Waals surface area contributed by atoms with Gasteiger partial charge in [0.2, 0.25) is 5.89 Å². The number of aliphatic imine (C=N–C) groups is 1. The van der Waals surface area contributed by atoms with Crippen molar-refractivity contribution in [2.75, 3.05) is 0 Å². The first-order chi connectivity index (χ1) is 12.6. The SMILES string of the molecule is Cc1cc(C)c2cccc(N=Cc3nc(-c4ccccc4)oc3O)c2n1. The number of aromatic nitrogens is 2. The number of aromatic hydroxyl groups is 1. The summed E-state index contributed by atoms with van der Waals surface area (Å²) < 4.78 is 5.35. The highest BCUT2D eigenvalue weighted by Gasteiger charge is 2.12. The molecule has 4 rings (SSSR count). The number of benzene rings is 2. The Bertz CT molecular complexity index is 1120. The fraction of sp³-hybridized carbons (Fsp3) is 0.0952. The first kappa shape index (κ1) is 16.0. The molecule has 0 saturated heterocycles. The molecule has 0 radical (unpaired) electrons. The van der Waals surface area contributed by atoms with E-state index in [0.717, 1.165) is 33.4 Å². The molecule has 0 spiro atoms. The number of hydrogen-bond acceptors (Lipinski definition) is 5. The van der Waals surface area contributed by atoms with Gasteiger partial charge in [-0.15, -0.1) is 0 Å². The van der Waals surface area contributed by atoms with Gasteiger partial charge in [-0.3, -0.25) is 9.98 Å². The second kappa shape index (κ2) is 6.44. The normalized spacial score (nSPS) is 11.5. The molecule has 128 valence electrons. The zero-order chi connectivity index (χ0) is 18.1. The van der Waals surface area contributed by atoms with Crippen LogP contribution in [0.1, 0.15) is 17.0 Å². The predicted molar refractivity (Wildman–Crippen MR) is 102 cm³/mol. The van der Waals surface area contributed by atoms with E-state index in [-0.39, 0.29) is 11.6 Å². The smallest absolute Gasteiger partial charge is 0.312 e. The van der Waals surface area contributed by atoms with Crippen molar-refractivity contribution in [3.63, 3.8) is 0 Å². The fourth-order valence-corrected chi connectivity index (χ4v) is 2.91. The molecule has 0 saturated carbocycles. The average molecular weight is 343 g/mol. The topological polar surface area (TPSA) is 71.5 Å². The van der Waals surface area contributed by atoms with Gasteiger partial charge in [-0.1, -0.05) is 30.3 Å². The Labute approximate surface area is 150 Å². The molecule has 2 aromatic carbocycles. The van der Waals surface area contributed by atoms with Crippen LogP contribution in [-0.4, -0.2) is 21.3 Å². The van der Waals surface area contributed by atoms with E-state index in [2.05, 4.69) is 21.9 Å². The maximum absolute atomic E-state index is 10.0. The van der Waals surface area contributed by atoms with Crippen LogP contribution in [0.4, 0.5) is 5.69 Å². The Morgan fingerprint density at radius 3 is 2.62 bits per heavy atom. The fourth-order valence-electron chi connectivity index (χ4n) is 2.91. The number of para-hydroxylation sites is 1. The number of rotatable bonds is 3. The Kier molecular flexibility index (Phi) is 3.97. The monoisotopic (exact) mass is 343 g/mol. The molecule has 0 amide bonds. The van der Waals surface area contributed by atoms with Crippen LogP contribution in [0, 0.1) is 13.8 Å².